The number of fused-ring (bicyclic) bond motifs is 18. The second kappa shape index (κ2) is 20.2. The zero-order valence-electron chi connectivity index (χ0n) is 34.3. The Kier molecular flexibility index (Phi) is 14.1. The smallest absolute Gasteiger partial charge is 0.329 e. The summed E-state index contributed by atoms with van der Waals surface area (Å²) in [5, 5.41) is 28.4. The van der Waals surface area contributed by atoms with Crippen LogP contribution in [0.1, 0.15) is 47.3 Å². The van der Waals surface area contributed by atoms with Gasteiger partial charge in [0.1, 0.15) is 29.7 Å². The van der Waals surface area contributed by atoms with E-state index in [0.717, 1.165) is 16.0 Å². The van der Waals surface area contributed by atoms with Crippen LogP contribution in [0, 0.1) is 0 Å². The predicted molar refractivity (Wildman–Crippen MR) is 237 cm³/mol. The summed E-state index contributed by atoms with van der Waals surface area (Å²) >= 11 is 1.40. The van der Waals surface area contributed by atoms with Crippen LogP contribution in [-0.4, -0.2) is 76.2 Å². The van der Waals surface area contributed by atoms with Gasteiger partial charge in [0.15, 0.2) is 0 Å². The highest BCUT2D eigenvalue weighted by Crippen LogP contribution is 2.35. The number of carboxylic acids is 1. The molecule has 3 aliphatic rings. The van der Waals surface area contributed by atoms with Gasteiger partial charge in [0, 0.05) is 49.1 Å². The molecule has 6 amide bonds. The number of rotatable bonds is 10. The molecule has 8 rings (SSSR count). The highest BCUT2D eigenvalue weighted by Gasteiger charge is 2.52. The van der Waals surface area contributed by atoms with Crippen LogP contribution in [-0.2, 0) is 59.2 Å². The van der Waals surface area contributed by atoms with E-state index in [1.165, 1.54) is 11.3 Å². The number of carboxylic acid groups (broad SMARTS) is 1. The minimum Gasteiger partial charge on any atom is -0.480 e. The van der Waals surface area contributed by atoms with E-state index in [4.69, 9.17) is 0 Å². The second-order valence-electron chi connectivity index (χ2n) is 15.9. The van der Waals surface area contributed by atoms with Crippen molar-refractivity contribution in [2.24, 2.45) is 0 Å². The summed E-state index contributed by atoms with van der Waals surface area (Å²) in [5.74, 6) is -4.97. The first-order valence-electron chi connectivity index (χ1n) is 20.8. The molecule has 14 nitrogen and oxygen atoms in total. The van der Waals surface area contributed by atoms with Crippen LogP contribution in [0.4, 0.5) is 5.69 Å². The van der Waals surface area contributed by atoms with Crippen molar-refractivity contribution in [2.75, 3.05) is 5.32 Å². The van der Waals surface area contributed by atoms with Crippen LogP contribution >= 0.6 is 11.3 Å². The average molecular weight is 869 g/mol. The molecule has 2 aliphatic heterocycles. The van der Waals surface area contributed by atoms with E-state index in [1.807, 2.05) is 78.2 Å². The number of nitrogens with one attached hydrogen (secondary N) is 6. The standard InChI is InChI=1S/C48H48N6O8S/c55-41-21-22-42(56)50-40(29-36-12-7-25-63-36)45(59)52-38(27-31-13-17-34(18-14-31)33-10-5-2-6-11-33)43(57)51-37(26-30-8-3-1-4-9-30)44(58)53-39(28-32-15-19-35(49-41)20-16-32)46(60)54-48(23-24-48)47(61)62/h1-20,25,37-40H,21-24,26-29H2,(H,49,55)(H,50,56)(H,51,57)(H,52,59)(H,53,58)(H,54,60)(H,61,62)/t37-,38+,39-,40-/m1/s1. The van der Waals surface area contributed by atoms with Gasteiger partial charge in [-0.05, 0) is 64.2 Å². The number of benzene rings is 4. The lowest BCUT2D eigenvalue weighted by Crippen LogP contribution is -2.60. The van der Waals surface area contributed by atoms with E-state index >= 15 is 0 Å². The molecular weight excluding hydrogens is 821 g/mol. The fraction of sp³-hybridized carbons (Fsp3) is 0.271. The van der Waals surface area contributed by atoms with E-state index in [2.05, 4.69) is 31.9 Å². The van der Waals surface area contributed by atoms with Gasteiger partial charge < -0.3 is 37.0 Å². The van der Waals surface area contributed by atoms with Crippen molar-refractivity contribution in [3.8, 4) is 11.1 Å². The van der Waals surface area contributed by atoms with Gasteiger partial charge in [-0.15, -0.1) is 11.3 Å². The molecular formula is C48H48N6O8S. The molecule has 3 heterocycles. The number of anilines is 1. The third-order valence-electron chi connectivity index (χ3n) is 11.1. The van der Waals surface area contributed by atoms with Crippen molar-refractivity contribution >= 4 is 58.4 Å². The summed E-state index contributed by atoms with van der Waals surface area (Å²) in [6.07, 6.45) is 0.109. The Labute approximate surface area is 368 Å². The topological polar surface area (TPSA) is 212 Å². The van der Waals surface area contributed by atoms with Gasteiger partial charge in [0.2, 0.25) is 35.4 Å². The van der Waals surface area contributed by atoms with Crippen molar-refractivity contribution in [1.29, 1.82) is 0 Å². The largest absolute Gasteiger partial charge is 0.480 e. The number of amides is 6. The molecule has 2 bridgehead atoms. The van der Waals surface area contributed by atoms with E-state index < -0.39 is 71.1 Å². The summed E-state index contributed by atoms with van der Waals surface area (Å²) in [7, 11) is 0. The minimum atomic E-state index is -1.45. The molecule has 0 spiro atoms. The summed E-state index contributed by atoms with van der Waals surface area (Å²) in [6.45, 7) is 0. The first kappa shape index (κ1) is 43.9. The molecule has 1 aliphatic carbocycles. The number of carbonyl (C=O) groups is 7. The molecule has 15 heteroatoms. The monoisotopic (exact) mass is 868 g/mol. The molecule has 4 atom stereocenters. The fourth-order valence-electron chi connectivity index (χ4n) is 7.35. The third-order valence-corrected chi connectivity index (χ3v) is 12.0. The molecule has 1 saturated carbocycles. The molecule has 7 N–H and O–H groups in total. The van der Waals surface area contributed by atoms with Gasteiger partial charge in [-0.3, -0.25) is 28.8 Å². The van der Waals surface area contributed by atoms with Crippen molar-refractivity contribution < 1.29 is 38.7 Å². The zero-order valence-corrected chi connectivity index (χ0v) is 35.1. The highest BCUT2D eigenvalue weighted by atomic mass is 32.1. The lowest BCUT2D eigenvalue weighted by atomic mass is 9.99. The molecule has 324 valence electrons. The molecule has 5 aromatic rings. The summed E-state index contributed by atoms with van der Waals surface area (Å²) < 4.78 is 0. The van der Waals surface area contributed by atoms with Crippen LogP contribution in [0.5, 0.6) is 0 Å². The zero-order chi connectivity index (χ0) is 44.3. The Balaban J connectivity index is 1.23. The van der Waals surface area contributed by atoms with Crippen LogP contribution in [0.2, 0.25) is 0 Å². The predicted octanol–water partition coefficient (Wildman–Crippen LogP) is 4.09. The van der Waals surface area contributed by atoms with Crippen molar-refractivity contribution in [3.63, 3.8) is 0 Å². The first-order chi connectivity index (χ1) is 30.4. The number of carbonyl (C=O) groups excluding carboxylic acids is 6. The van der Waals surface area contributed by atoms with Crippen LogP contribution in [0.25, 0.3) is 11.1 Å². The third kappa shape index (κ3) is 12.0. The van der Waals surface area contributed by atoms with E-state index in [1.54, 1.807) is 48.5 Å². The number of thiophene rings is 1. The lowest BCUT2D eigenvalue weighted by Gasteiger charge is -2.27. The summed E-state index contributed by atoms with van der Waals surface area (Å²) in [5.41, 5.74) is 2.89. The Morgan fingerprint density at radius 3 is 1.75 bits per heavy atom. The number of aliphatic carboxylic acids is 1. The first-order valence-corrected chi connectivity index (χ1v) is 21.7. The van der Waals surface area contributed by atoms with Crippen LogP contribution in [0.15, 0.2) is 127 Å². The SMILES string of the molecule is O=C1CCC(=O)N[C@H](Cc2cccs2)C(=O)N[C@@H](Cc2ccc(-c3ccccc3)cc2)C(=O)N[C@H](Cc2ccccc2)C(=O)N[C@@H](C(=O)NC2(C(=O)O)CC2)Cc2ccc(cc2)N1. The maximum atomic E-state index is 14.6. The van der Waals surface area contributed by atoms with Crippen molar-refractivity contribution in [1.82, 2.24) is 26.6 Å². The average Bonchev–Trinajstić information content (AvgIpc) is 3.89. The Bertz CT molecular complexity index is 2420. The normalized spacial score (nSPS) is 20.7. The molecule has 0 saturated heterocycles. The maximum Gasteiger partial charge on any atom is 0.329 e. The molecule has 1 fully saturated rings. The molecule has 4 aromatic carbocycles. The Morgan fingerprint density at radius 2 is 1.16 bits per heavy atom. The molecule has 1 aromatic heterocycles. The van der Waals surface area contributed by atoms with Crippen molar-refractivity contribution in [2.45, 2.75) is 81.1 Å². The number of hydrogen-bond donors (Lipinski definition) is 7. The second-order valence-corrected chi connectivity index (χ2v) is 16.9. The van der Waals surface area contributed by atoms with E-state index in [0.29, 0.717) is 22.4 Å². The molecule has 63 heavy (non-hydrogen) atoms. The highest BCUT2D eigenvalue weighted by molar-refractivity contribution is 7.09. The quantitative estimate of drug-likeness (QED) is 0.101. The van der Waals surface area contributed by atoms with Gasteiger partial charge in [0.05, 0.1) is 0 Å². The summed E-state index contributed by atoms with van der Waals surface area (Å²) in [4.78, 5) is 96.4. The van der Waals surface area contributed by atoms with Gasteiger partial charge in [0.25, 0.3) is 0 Å². The molecule has 0 unspecified atom stereocenters. The van der Waals surface area contributed by atoms with E-state index in [-0.39, 0.29) is 51.4 Å². The fourth-order valence-corrected chi connectivity index (χ4v) is 8.10. The molecule has 0 radical (unpaired) electrons. The lowest BCUT2D eigenvalue weighted by molar-refractivity contribution is -0.143. The summed E-state index contributed by atoms with van der Waals surface area (Å²) in [6, 6.07) is 31.5. The van der Waals surface area contributed by atoms with Gasteiger partial charge in [-0.1, -0.05) is 103 Å². The van der Waals surface area contributed by atoms with Crippen LogP contribution < -0.4 is 31.9 Å². The van der Waals surface area contributed by atoms with Gasteiger partial charge in [-0.2, -0.15) is 0 Å². The Morgan fingerprint density at radius 1 is 0.603 bits per heavy atom. The van der Waals surface area contributed by atoms with Crippen molar-refractivity contribution in [3.05, 3.63) is 148 Å². The van der Waals surface area contributed by atoms with Gasteiger partial charge in [-0.25, -0.2) is 4.79 Å². The maximum absolute atomic E-state index is 14.6. The minimum absolute atomic E-state index is 0.00368. The Hall–Kier alpha value is -7.13. The number of hydrogen-bond acceptors (Lipinski definition) is 8. The van der Waals surface area contributed by atoms with Gasteiger partial charge >= 0.3 is 5.97 Å². The van der Waals surface area contributed by atoms with Crippen LogP contribution in [0.3, 0.4) is 0 Å². The van der Waals surface area contributed by atoms with E-state index in [9.17, 15) is 38.7 Å².